The molecule has 4 nitrogen and oxygen atoms in total. The van der Waals surface area contributed by atoms with E-state index < -0.39 is 6.10 Å². The highest BCUT2D eigenvalue weighted by molar-refractivity contribution is 5.36. The van der Waals surface area contributed by atoms with Gasteiger partial charge in [0.05, 0.1) is 18.9 Å². The molecule has 1 aromatic carbocycles. The topological polar surface area (TPSA) is 58.1 Å². The normalized spacial score (nSPS) is 16.1. The lowest BCUT2D eigenvalue weighted by atomic mass is 10.0. The number of benzene rings is 1. The Hall–Kier alpha value is -1.65. The van der Waals surface area contributed by atoms with E-state index in [0.29, 0.717) is 18.9 Å². The van der Waals surface area contributed by atoms with Crippen molar-refractivity contribution in [2.24, 2.45) is 0 Å². The van der Waals surface area contributed by atoms with Crippen LogP contribution in [0.1, 0.15) is 28.5 Å². The molecule has 0 saturated heterocycles. The zero-order valence-electron chi connectivity index (χ0n) is 8.68. The molecule has 0 spiro atoms. The first-order valence-corrected chi connectivity index (χ1v) is 5.21. The minimum atomic E-state index is -0.645. The van der Waals surface area contributed by atoms with Crippen LogP contribution in [0.15, 0.2) is 30.5 Å². The van der Waals surface area contributed by atoms with Crippen molar-refractivity contribution < 1.29 is 9.84 Å². The largest absolute Gasteiger partial charge is 0.382 e. The van der Waals surface area contributed by atoms with Gasteiger partial charge >= 0.3 is 0 Å². The maximum absolute atomic E-state index is 10.1. The molecule has 1 aliphatic rings. The summed E-state index contributed by atoms with van der Waals surface area (Å²) in [6.45, 7) is 1.31. The van der Waals surface area contributed by atoms with E-state index in [9.17, 15) is 5.11 Å². The van der Waals surface area contributed by atoms with E-state index in [1.54, 1.807) is 12.3 Å². The molecule has 2 aromatic rings. The summed E-state index contributed by atoms with van der Waals surface area (Å²) in [4.78, 5) is 0. The number of nitrogens with zero attached hydrogens (tertiary/aromatic N) is 1. The molecule has 16 heavy (non-hydrogen) atoms. The van der Waals surface area contributed by atoms with Crippen LogP contribution in [0.2, 0.25) is 0 Å². The van der Waals surface area contributed by atoms with Gasteiger partial charge in [-0.15, -0.1) is 0 Å². The summed E-state index contributed by atoms with van der Waals surface area (Å²) in [5.74, 6) is 0. The molecule has 2 N–H and O–H groups in total. The Morgan fingerprint density at radius 1 is 1.25 bits per heavy atom. The van der Waals surface area contributed by atoms with Crippen molar-refractivity contribution in [1.29, 1.82) is 0 Å². The van der Waals surface area contributed by atoms with E-state index in [1.807, 2.05) is 18.2 Å². The lowest BCUT2D eigenvalue weighted by Crippen LogP contribution is -2.01. The van der Waals surface area contributed by atoms with E-state index in [-0.39, 0.29) is 0 Å². The first-order chi connectivity index (χ1) is 7.84. The number of aromatic nitrogens is 2. The summed E-state index contributed by atoms with van der Waals surface area (Å²) in [5, 5.41) is 16.7. The molecule has 1 unspecified atom stereocenters. The van der Waals surface area contributed by atoms with Gasteiger partial charge in [0, 0.05) is 6.20 Å². The minimum Gasteiger partial charge on any atom is -0.382 e. The Morgan fingerprint density at radius 2 is 2.12 bits per heavy atom. The summed E-state index contributed by atoms with van der Waals surface area (Å²) in [5.41, 5.74) is 3.95. The zero-order valence-corrected chi connectivity index (χ0v) is 8.68. The lowest BCUT2D eigenvalue weighted by Gasteiger charge is -2.10. The fourth-order valence-electron chi connectivity index (χ4n) is 1.96. The average Bonchev–Trinajstić information content (AvgIpc) is 2.98. The molecule has 0 bridgehead atoms. The number of aliphatic hydroxyl groups excluding tert-OH is 1. The molecular formula is C12H12N2O2. The van der Waals surface area contributed by atoms with Gasteiger partial charge in [0.1, 0.15) is 6.10 Å². The maximum Gasteiger partial charge on any atom is 0.120 e. The number of nitrogens with one attached hydrogen (secondary N) is 1. The fourth-order valence-corrected chi connectivity index (χ4v) is 1.96. The monoisotopic (exact) mass is 216 g/mol. The van der Waals surface area contributed by atoms with E-state index in [4.69, 9.17) is 4.74 Å². The van der Waals surface area contributed by atoms with Crippen LogP contribution in [0.3, 0.4) is 0 Å². The SMILES string of the molecule is OC(c1ccc2c(c1)COC2)c1ccn[nH]1. The van der Waals surface area contributed by atoms with E-state index in [2.05, 4.69) is 10.2 Å². The summed E-state index contributed by atoms with van der Waals surface area (Å²) < 4.78 is 5.34. The van der Waals surface area contributed by atoms with Crippen LogP contribution in [-0.2, 0) is 18.0 Å². The molecule has 3 rings (SSSR count). The molecule has 1 aromatic heterocycles. The number of hydrogen-bond acceptors (Lipinski definition) is 3. The van der Waals surface area contributed by atoms with E-state index >= 15 is 0 Å². The molecule has 0 aliphatic carbocycles. The maximum atomic E-state index is 10.1. The molecule has 0 radical (unpaired) electrons. The van der Waals surface area contributed by atoms with Gasteiger partial charge in [-0.3, -0.25) is 5.10 Å². The van der Waals surface area contributed by atoms with Gasteiger partial charge in [0.25, 0.3) is 0 Å². The molecule has 4 heteroatoms. The van der Waals surface area contributed by atoms with Crippen molar-refractivity contribution in [3.63, 3.8) is 0 Å². The van der Waals surface area contributed by atoms with Gasteiger partial charge in [0.2, 0.25) is 0 Å². The van der Waals surface area contributed by atoms with Crippen LogP contribution < -0.4 is 0 Å². The van der Waals surface area contributed by atoms with Gasteiger partial charge in [0.15, 0.2) is 0 Å². The molecule has 0 saturated carbocycles. The Bertz CT molecular complexity index is 494. The lowest BCUT2D eigenvalue weighted by molar-refractivity contribution is 0.134. The average molecular weight is 216 g/mol. The Labute approximate surface area is 92.9 Å². The van der Waals surface area contributed by atoms with Crippen molar-refractivity contribution >= 4 is 0 Å². The molecular weight excluding hydrogens is 204 g/mol. The highest BCUT2D eigenvalue weighted by Crippen LogP contribution is 2.26. The number of fused-ring (bicyclic) bond motifs is 1. The molecule has 2 heterocycles. The fraction of sp³-hybridized carbons (Fsp3) is 0.250. The van der Waals surface area contributed by atoms with Crippen molar-refractivity contribution in [3.05, 3.63) is 52.8 Å². The third-order valence-electron chi connectivity index (χ3n) is 2.88. The predicted molar refractivity (Wildman–Crippen MR) is 57.6 cm³/mol. The Morgan fingerprint density at radius 3 is 2.94 bits per heavy atom. The van der Waals surface area contributed by atoms with Crippen molar-refractivity contribution in [3.8, 4) is 0 Å². The molecule has 0 amide bonds. The van der Waals surface area contributed by atoms with E-state index in [0.717, 1.165) is 11.1 Å². The minimum absolute atomic E-state index is 0.638. The first kappa shape index (κ1) is 9.57. The van der Waals surface area contributed by atoms with Gasteiger partial charge < -0.3 is 9.84 Å². The van der Waals surface area contributed by atoms with Gasteiger partial charge in [-0.25, -0.2) is 0 Å². The number of aliphatic hydroxyl groups is 1. The van der Waals surface area contributed by atoms with Gasteiger partial charge in [-0.1, -0.05) is 18.2 Å². The Balaban J connectivity index is 1.95. The third kappa shape index (κ3) is 1.52. The van der Waals surface area contributed by atoms with Gasteiger partial charge in [-0.2, -0.15) is 5.10 Å². The second-order valence-electron chi connectivity index (χ2n) is 3.94. The van der Waals surface area contributed by atoms with Crippen molar-refractivity contribution in [1.82, 2.24) is 10.2 Å². The Kier molecular flexibility index (Phi) is 2.23. The molecule has 1 atom stereocenters. The number of ether oxygens (including phenoxy) is 1. The van der Waals surface area contributed by atoms with Crippen LogP contribution in [0, 0.1) is 0 Å². The van der Waals surface area contributed by atoms with Crippen LogP contribution in [0.5, 0.6) is 0 Å². The summed E-state index contributed by atoms with van der Waals surface area (Å²) in [6, 6.07) is 7.71. The van der Waals surface area contributed by atoms with Crippen molar-refractivity contribution in [2.75, 3.05) is 0 Å². The number of H-pyrrole nitrogens is 1. The van der Waals surface area contributed by atoms with Crippen molar-refractivity contribution in [2.45, 2.75) is 19.3 Å². The summed E-state index contributed by atoms with van der Waals surface area (Å²) in [7, 11) is 0. The number of aromatic amines is 1. The van der Waals surface area contributed by atoms with Gasteiger partial charge in [-0.05, 0) is 22.8 Å². The standard InChI is InChI=1S/C12H12N2O2/c15-12(11-3-4-13-14-11)8-1-2-9-6-16-7-10(9)5-8/h1-5,12,15H,6-7H2,(H,13,14). The summed E-state index contributed by atoms with van der Waals surface area (Å²) in [6.07, 6.45) is 0.989. The number of rotatable bonds is 2. The molecule has 1 aliphatic heterocycles. The smallest absolute Gasteiger partial charge is 0.120 e. The van der Waals surface area contributed by atoms with Crippen LogP contribution in [0.25, 0.3) is 0 Å². The molecule has 82 valence electrons. The summed E-state index contributed by atoms with van der Waals surface area (Å²) >= 11 is 0. The zero-order chi connectivity index (χ0) is 11.0. The van der Waals surface area contributed by atoms with E-state index in [1.165, 1.54) is 5.56 Å². The van der Waals surface area contributed by atoms with Crippen LogP contribution in [0.4, 0.5) is 0 Å². The second kappa shape index (κ2) is 3.73. The van der Waals surface area contributed by atoms with Crippen LogP contribution >= 0.6 is 0 Å². The number of hydrogen-bond donors (Lipinski definition) is 2. The third-order valence-corrected chi connectivity index (χ3v) is 2.88. The highest BCUT2D eigenvalue weighted by atomic mass is 16.5. The predicted octanol–water partition coefficient (Wildman–Crippen LogP) is 1.52. The first-order valence-electron chi connectivity index (χ1n) is 5.21. The van der Waals surface area contributed by atoms with Crippen LogP contribution in [-0.4, -0.2) is 15.3 Å². The second-order valence-corrected chi connectivity index (χ2v) is 3.94. The highest BCUT2D eigenvalue weighted by Gasteiger charge is 2.16. The molecule has 0 fully saturated rings. The quantitative estimate of drug-likeness (QED) is 0.800.